The van der Waals surface area contributed by atoms with Crippen LogP contribution in [0.5, 0.6) is 0 Å². The molecule has 28 heavy (non-hydrogen) atoms. The Bertz CT molecular complexity index is 1030. The van der Waals surface area contributed by atoms with Gasteiger partial charge in [-0.2, -0.15) is 0 Å². The van der Waals surface area contributed by atoms with Crippen LogP contribution in [0.15, 0.2) is 47.7 Å². The van der Waals surface area contributed by atoms with E-state index in [4.69, 9.17) is 0 Å². The summed E-state index contributed by atoms with van der Waals surface area (Å²) < 4.78 is 1.81. The lowest BCUT2D eigenvalue weighted by atomic mass is 9.97. The van der Waals surface area contributed by atoms with Crippen molar-refractivity contribution in [3.8, 4) is 11.4 Å². The number of pyridine rings is 2. The van der Waals surface area contributed by atoms with Crippen LogP contribution in [0.1, 0.15) is 28.9 Å². The van der Waals surface area contributed by atoms with Gasteiger partial charge in [0, 0.05) is 43.8 Å². The lowest BCUT2D eigenvalue weighted by Crippen LogP contribution is -2.42. The van der Waals surface area contributed by atoms with Gasteiger partial charge < -0.3 is 9.88 Å². The van der Waals surface area contributed by atoms with Crippen molar-refractivity contribution >= 4 is 5.91 Å². The maximum Gasteiger partial charge on any atom is 0.259 e. The first kappa shape index (κ1) is 18.1. The number of aromatic amines is 1. The van der Waals surface area contributed by atoms with Crippen LogP contribution >= 0.6 is 0 Å². The average molecular weight is 378 g/mol. The highest BCUT2D eigenvalue weighted by atomic mass is 16.2. The number of piperidine rings is 1. The molecule has 1 aliphatic heterocycles. The zero-order valence-corrected chi connectivity index (χ0v) is 15.7. The van der Waals surface area contributed by atoms with Gasteiger partial charge in [-0.25, -0.2) is 0 Å². The van der Waals surface area contributed by atoms with Crippen molar-refractivity contribution < 1.29 is 4.79 Å². The van der Waals surface area contributed by atoms with E-state index in [9.17, 15) is 9.59 Å². The molecule has 3 aromatic rings. The van der Waals surface area contributed by atoms with Crippen molar-refractivity contribution in [1.29, 1.82) is 0 Å². The minimum absolute atomic E-state index is 0.199. The summed E-state index contributed by atoms with van der Waals surface area (Å²) in [5.74, 6) is 0.0548. The molecule has 0 radical (unpaired) electrons. The van der Waals surface area contributed by atoms with E-state index in [-0.39, 0.29) is 22.8 Å². The molecule has 4 heterocycles. The number of amides is 1. The summed E-state index contributed by atoms with van der Waals surface area (Å²) in [6.07, 6.45) is 7.04. The van der Waals surface area contributed by atoms with Crippen LogP contribution in [0.2, 0.25) is 0 Å². The Morgan fingerprint density at radius 2 is 2.21 bits per heavy atom. The molecule has 0 aliphatic carbocycles. The first-order valence-electron chi connectivity index (χ1n) is 9.40. The third-order valence-electron chi connectivity index (χ3n) is 5.01. The molecule has 0 unspecified atom stereocenters. The SMILES string of the molecule is Cc1cc(=O)c(C(=O)N2CCC[C@@H](Cn3cc(-c4ccccn4)nn3)C2)c[nH]1. The van der Waals surface area contributed by atoms with Gasteiger partial charge in [-0.15, -0.1) is 5.10 Å². The van der Waals surface area contributed by atoms with Gasteiger partial charge in [-0.1, -0.05) is 11.3 Å². The van der Waals surface area contributed by atoms with E-state index >= 15 is 0 Å². The van der Waals surface area contributed by atoms with Gasteiger partial charge in [-0.3, -0.25) is 19.3 Å². The quantitative estimate of drug-likeness (QED) is 0.748. The third kappa shape index (κ3) is 3.85. The first-order valence-corrected chi connectivity index (χ1v) is 9.40. The van der Waals surface area contributed by atoms with Crippen molar-refractivity contribution in [2.24, 2.45) is 5.92 Å². The fourth-order valence-electron chi connectivity index (χ4n) is 3.59. The number of carbonyl (C=O) groups is 1. The molecule has 0 saturated carbocycles. The Morgan fingerprint density at radius 3 is 3.00 bits per heavy atom. The monoisotopic (exact) mass is 378 g/mol. The number of rotatable bonds is 4. The molecule has 1 aliphatic rings. The molecule has 1 atom stereocenters. The van der Waals surface area contributed by atoms with Crippen LogP contribution in [-0.2, 0) is 6.54 Å². The van der Waals surface area contributed by atoms with Crippen molar-refractivity contribution in [3.63, 3.8) is 0 Å². The number of H-pyrrole nitrogens is 1. The molecule has 8 heteroatoms. The van der Waals surface area contributed by atoms with E-state index in [0.29, 0.717) is 19.6 Å². The average Bonchev–Trinajstić information content (AvgIpc) is 3.17. The fraction of sp³-hybridized carbons (Fsp3) is 0.350. The van der Waals surface area contributed by atoms with E-state index in [1.807, 2.05) is 24.4 Å². The fourth-order valence-corrected chi connectivity index (χ4v) is 3.59. The van der Waals surface area contributed by atoms with Crippen LogP contribution in [0.4, 0.5) is 0 Å². The van der Waals surface area contributed by atoms with Crippen LogP contribution < -0.4 is 5.43 Å². The summed E-state index contributed by atoms with van der Waals surface area (Å²) in [5.41, 5.74) is 2.22. The minimum Gasteiger partial charge on any atom is -0.364 e. The van der Waals surface area contributed by atoms with Gasteiger partial charge in [-0.05, 0) is 37.8 Å². The summed E-state index contributed by atoms with van der Waals surface area (Å²) in [7, 11) is 0. The first-order chi connectivity index (χ1) is 13.6. The summed E-state index contributed by atoms with van der Waals surface area (Å²) in [4.78, 5) is 33.9. The molecular weight excluding hydrogens is 356 g/mol. The van der Waals surface area contributed by atoms with Crippen molar-refractivity contribution in [2.45, 2.75) is 26.3 Å². The Kier molecular flexibility index (Phi) is 5.01. The summed E-state index contributed by atoms with van der Waals surface area (Å²) in [6, 6.07) is 7.14. The van der Waals surface area contributed by atoms with Crippen LogP contribution in [0.25, 0.3) is 11.4 Å². The number of carbonyl (C=O) groups excluding carboxylic acids is 1. The van der Waals surface area contributed by atoms with Gasteiger partial charge in [0.1, 0.15) is 11.3 Å². The number of likely N-dealkylation sites (tertiary alicyclic amines) is 1. The highest BCUT2D eigenvalue weighted by Crippen LogP contribution is 2.20. The van der Waals surface area contributed by atoms with Crippen molar-refractivity contribution in [3.05, 3.63) is 64.3 Å². The zero-order chi connectivity index (χ0) is 19.5. The van der Waals surface area contributed by atoms with Gasteiger partial charge >= 0.3 is 0 Å². The van der Waals surface area contributed by atoms with Gasteiger partial charge in [0.15, 0.2) is 5.43 Å². The molecule has 0 aromatic carbocycles. The molecular formula is C20H22N6O2. The number of hydrogen-bond acceptors (Lipinski definition) is 5. The molecule has 144 valence electrons. The molecule has 1 amide bonds. The second kappa shape index (κ2) is 7.75. The molecule has 1 N–H and O–H groups in total. The van der Waals surface area contributed by atoms with Gasteiger partial charge in [0.2, 0.25) is 0 Å². The topological polar surface area (TPSA) is 96.8 Å². The highest BCUT2D eigenvalue weighted by Gasteiger charge is 2.26. The van der Waals surface area contributed by atoms with Gasteiger partial charge in [0.25, 0.3) is 5.91 Å². The largest absolute Gasteiger partial charge is 0.364 e. The van der Waals surface area contributed by atoms with Crippen LogP contribution in [0, 0.1) is 12.8 Å². The Labute approximate surface area is 162 Å². The maximum absolute atomic E-state index is 12.8. The van der Waals surface area contributed by atoms with Crippen LogP contribution in [0.3, 0.4) is 0 Å². The summed E-state index contributed by atoms with van der Waals surface area (Å²) in [6.45, 7) is 3.74. The molecule has 0 spiro atoms. The van der Waals surface area contributed by atoms with E-state index in [1.54, 1.807) is 22.7 Å². The molecule has 0 bridgehead atoms. The van der Waals surface area contributed by atoms with E-state index in [0.717, 1.165) is 29.9 Å². The Morgan fingerprint density at radius 1 is 1.32 bits per heavy atom. The van der Waals surface area contributed by atoms with E-state index in [1.165, 1.54) is 12.3 Å². The predicted molar refractivity (Wildman–Crippen MR) is 104 cm³/mol. The number of hydrogen-bond donors (Lipinski definition) is 1. The zero-order valence-electron chi connectivity index (χ0n) is 15.7. The molecule has 1 fully saturated rings. The standard InChI is InChI=1S/C20H22N6O2/c1-14-9-19(27)16(10-22-14)20(28)25-8-4-5-15(11-25)12-26-13-18(23-24-26)17-6-2-3-7-21-17/h2-3,6-7,9-10,13,15H,4-5,8,11-12H2,1H3,(H,22,27)/t15-/m1/s1. The highest BCUT2D eigenvalue weighted by molar-refractivity contribution is 5.93. The number of aromatic nitrogens is 5. The Hall–Kier alpha value is -3.29. The molecule has 4 rings (SSSR count). The number of nitrogens with zero attached hydrogens (tertiary/aromatic N) is 5. The molecule has 3 aromatic heterocycles. The maximum atomic E-state index is 12.8. The van der Waals surface area contributed by atoms with E-state index < -0.39 is 0 Å². The van der Waals surface area contributed by atoms with Crippen molar-refractivity contribution in [1.82, 2.24) is 29.9 Å². The lowest BCUT2D eigenvalue weighted by molar-refractivity contribution is 0.0657. The minimum atomic E-state index is -0.236. The smallest absolute Gasteiger partial charge is 0.259 e. The van der Waals surface area contributed by atoms with Crippen molar-refractivity contribution in [2.75, 3.05) is 13.1 Å². The normalized spacial score (nSPS) is 16.9. The van der Waals surface area contributed by atoms with Crippen LogP contribution in [-0.4, -0.2) is 48.9 Å². The second-order valence-corrected chi connectivity index (χ2v) is 7.19. The molecule has 8 nitrogen and oxygen atoms in total. The Balaban J connectivity index is 1.44. The number of nitrogens with one attached hydrogen (secondary N) is 1. The summed E-state index contributed by atoms with van der Waals surface area (Å²) in [5, 5.41) is 8.40. The third-order valence-corrected chi connectivity index (χ3v) is 5.01. The molecule has 1 saturated heterocycles. The van der Waals surface area contributed by atoms with Gasteiger partial charge in [0.05, 0.1) is 11.9 Å². The lowest BCUT2D eigenvalue weighted by Gasteiger charge is -2.32. The van der Waals surface area contributed by atoms with E-state index in [2.05, 4.69) is 20.3 Å². The predicted octanol–water partition coefficient (Wildman–Crippen LogP) is 1.89. The number of aryl methyl sites for hydroxylation is 1. The second-order valence-electron chi connectivity index (χ2n) is 7.19. The summed E-state index contributed by atoms with van der Waals surface area (Å²) >= 11 is 0.